The summed E-state index contributed by atoms with van der Waals surface area (Å²) in [7, 11) is -2.41. The summed E-state index contributed by atoms with van der Waals surface area (Å²) in [4.78, 5) is 18.1. The van der Waals surface area contributed by atoms with Gasteiger partial charge in [0.05, 0.1) is 6.04 Å². The Hall–Kier alpha value is -2.20. The van der Waals surface area contributed by atoms with Crippen molar-refractivity contribution in [2.45, 2.75) is 24.0 Å². The Morgan fingerprint density at radius 1 is 1.43 bits per heavy atom. The summed E-state index contributed by atoms with van der Waals surface area (Å²) in [5, 5.41) is 3.84. The molecule has 1 atom stereocenters. The first-order valence-electron chi connectivity index (χ1n) is 7.18. The summed E-state index contributed by atoms with van der Waals surface area (Å²) >= 11 is 0. The zero-order valence-corrected chi connectivity index (χ0v) is 13.4. The number of likely N-dealkylation sites (tertiary alicyclic amines) is 1. The first-order chi connectivity index (χ1) is 11.0. The van der Waals surface area contributed by atoms with Crippen molar-refractivity contribution in [3.05, 3.63) is 30.5 Å². The number of rotatable bonds is 4. The molecule has 0 aromatic carbocycles. The molecule has 2 aromatic heterocycles. The molecular formula is C13H17N5O4S. The quantitative estimate of drug-likeness (QED) is 0.855. The van der Waals surface area contributed by atoms with E-state index in [0.717, 1.165) is 12.8 Å². The van der Waals surface area contributed by atoms with Crippen LogP contribution in [-0.2, 0) is 10.0 Å². The summed E-state index contributed by atoms with van der Waals surface area (Å²) in [6, 6.07) is 2.72. The average molecular weight is 339 g/mol. The van der Waals surface area contributed by atoms with Crippen molar-refractivity contribution in [1.82, 2.24) is 24.4 Å². The van der Waals surface area contributed by atoms with Crippen LogP contribution in [0.4, 0.5) is 0 Å². The van der Waals surface area contributed by atoms with Crippen LogP contribution in [0.3, 0.4) is 0 Å². The maximum atomic E-state index is 12.5. The molecule has 1 N–H and O–H groups in total. The molecule has 2 aromatic rings. The predicted molar refractivity (Wildman–Crippen MR) is 79.2 cm³/mol. The molecule has 0 bridgehead atoms. The number of hydrogen-bond acceptors (Lipinski definition) is 6. The van der Waals surface area contributed by atoms with E-state index >= 15 is 0 Å². The zero-order chi connectivity index (χ0) is 16.4. The zero-order valence-electron chi connectivity index (χ0n) is 12.5. The second kappa shape index (κ2) is 6.13. The molecule has 0 unspecified atom stereocenters. The number of amides is 1. The Morgan fingerprint density at radius 2 is 2.26 bits per heavy atom. The smallest absolute Gasteiger partial charge is 0.289 e. The molecule has 124 valence electrons. The predicted octanol–water partition coefficient (Wildman–Crippen LogP) is 0.256. The molecule has 1 amide bonds. The molecule has 3 heterocycles. The van der Waals surface area contributed by atoms with Gasteiger partial charge >= 0.3 is 0 Å². The highest BCUT2D eigenvalue weighted by molar-refractivity contribution is 7.89. The van der Waals surface area contributed by atoms with Gasteiger partial charge in [-0.2, -0.15) is 5.10 Å². The number of sulfonamides is 1. The first kappa shape index (κ1) is 15.7. The second-order valence-electron chi connectivity index (χ2n) is 5.25. The van der Waals surface area contributed by atoms with E-state index < -0.39 is 10.0 Å². The third kappa shape index (κ3) is 3.13. The van der Waals surface area contributed by atoms with Crippen molar-refractivity contribution < 1.29 is 17.6 Å². The number of piperidine rings is 1. The fraction of sp³-hybridized carbons (Fsp3) is 0.462. The monoisotopic (exact) mass is 339 g/mol. The standard InChI is InChI=1S/C13H17N5O4S/c1-14-23(20,21)12-5-4-11(22-12)13(19)17-6-2-3-10(7-17)18-9-15-8-16-18/h4-5,8-10,14H,2-3,6-7H2,1H3/t10-/m0/s1. The molecule has 1 aliphatic rings. The average Bonchev–Trinajstić information content (AvgIpc) is 3.26. The summed E-state index contributed by atoms with van der Waals surface area (Å²) in [6.07, 6.45) is 4.83. The Kier molecular flexibility index (Phi) is 4.18. The number of carbonyl (C=O) groups is 1. The summed E-state index contributed by atoms with van der Waals surface area (Å²) in [5.41, 5.74) is 0. The van der Waals surface area contributed by atoms with Crippen molar-refractivity contribution in [2.24, 2.45) is 0 Å². The van der Waals surface area contributed by atoms with Gasteiger partial charge < -0.3 is 9.32 Å². The lowest BCUT2D eigenvalue weighted by Gasteiger charge is -2.32. The van der Waals surface area contributed by atoms with Crippen molar-refractivity contribution in [2.75, 3.05) is 20.1 Å². The number of aromatic nitrogens is 3. The number of nitrogens with zero attached hydrogens (tertiary/aromatic N) is 4. The summed E-state index contributed by atoms with van der Waals surface area (Å²) < 4.78 is 32.4. The van der Waals surface area contributed by atoms with Gasteiger partial charge in [-0.1, -0.05) is 0 Å². The topological polar surface area (TPSA) is 110 Å². The minimum atomic E-state index is -3.70. The van der Waals surface area contributed by atoms with Crippen molar-refractivity contribution in [3.63, 3.8) is 0 Å². The molecule has 10 heteroatoms. The van der Waals surface area contributed by atoms with Crippen LogP contribution in [0.5, 0.6) is 0 Å². The lowest BCUT2D eigenvalue weighted by Crippen LogP contribution is -2.40. The Labute approximate surface area is 133 Å². The molecule has 1 aliphatic heterocycles. The largest absolute Gasteiger partial charge is 0.438 e. The van der Waals surface area contributed by atoms with Gasteiger partial charge in [0.1, 0.15) is 12.7 Å². The van der Waals surface area contributed by atoms with E-state index in [-0.39, 0.29) is 22.8 Å². The summed E-state index contributed by atoms with van der Waals surface area (Å²) in [6.45, 7) is 1.08. The molecule has 3 rings (SSSR count). The van der Waals surface area contributed by atoms with Crippen LogP contribution >= 0.6 is 0 Å². The fourth-order valence-electron chi connectivity index (χ4n) is 2.60. The van der Waals surface area contributed by atoms with Gasteiger partial charge in [-0.05, 0) is 32.0 Å². The molecule has 23 heavy (non-hydrogen) atoms. The minimum absolute atomic E-state index is 0.0121. The molecule has 9 nitrogen and oxygen atoms in total. The van der Waals surface area contributed by atoms with Crippen LogP contribution in [0.2, 0.25) is 0 Å². The van der Waals surface area contributed by atoms with E-state index in [1.165, 1.54) is 25.5 Å². The molecule has 0 aliphatic carbocycles. The Bertz CT molecular complexity index is 783. The lowest BCUT2D eigenvalue weighted by atomic mass is 10.1. The van der Waals surface area contributed by atoms with Gasteiger partial charge in [0.2, 0.25) is 5.09 Å². The van der Waals surface area contributed by atoms with Gasteiger partial charge in [0, 0.05) is 13.1 Å². The van der Waals surface area contributed by atoms with E-state index in [4.69, 9.17) is 4.42 Å². The molecule has 0 saturated carbocycles. The highest BCUT2D eigenvalue weighted by Crippen LogP contribution is 2.23. The Morgan fingerprint density at radius 3 is 2.96 bits per heavy atom. The lowest BCUT2D eigenvalue weighted by molar-refractivity contribution is 0.0635. The first-order valence-corrected chi connectivity index (χ1v) is 8.66. The fourth-order valence-corrected chi connectivity index (χ4v) is 3.24. The SMILES string of the molecule is CNS(=O)(=O)c1ccc(C(=O)N2CCC[C@H](n3cncn3)C2)o1. The van der Waals surface area contributed by atoms with Gasteiger partial charge in [-0.15, -0.1) is 0 Å². The van der Waals surface area contributed by atoms with Crippen LogP contribution in [0, 0.1) is 0 Å². The molecular weight excluding hydrogens is 322 g/mol. The number of carbonyl (C=O) groups excluding carboxylic acids is 1. The van der Waals surface area contributed by atoms with E-state index in [1.54, 1.807) is 15.9 Å². The van der Waals surface area contributed by atoms with Crippen LogP contribution in [0.15, 0.2) is 34.3 Å². The van der Waals surface area contributed by atoms with Crippen LogP contribution in [0.25, 0.3) is 0 Å². The molecule has 0 spiro atoms. The van der Waals surface area contributed by atoms with E-state index in [9.17, 15) is 13.2 Å². The van der Waals surface area contributed by atoms with Gasteiger partial charge in [-0.3, -0.25) is 4.79 Å². The highest BCUT2D eigenvalue weighted by Gasteiger charge is 2.28. The molecule has 1 fully saturated rings. The summed E-state index contributed by atoms with van der Waals surface area (Å²) in [5.74, 6) is -0.314. The third-order valence-electron chi connectivity index (χ3n) is 3.82. The number of hydrogen-bond donors (Lipinski definition) is 1. The van der Waals surface area contributed by atoms with Gasteiger partial charge in [0.15, 0.2) is 5.76 Å². The number of nitrogens with one attached hydrogen (secondary N) is 1. The highest BCUT2D eigenvalue weighted by atomic mass is 32.2. The van der Waals surface area contributed by atoms with Crippen LogP contribution in [-0.4, -0.2) is 54.1 Å². The van der Waals surface area contributed by atoms with E-state index in [0.29, 0.717) is 13.1 Å². The van der Waals surface area contributed by atoms with Crippen molar-refractivity contribution in [1.29, 1.82) is 0 Å². The van der Waals surface area contributed by atoms with Crippen LogP contribution < -0.4 is 4.72 Å². The van der Waals surface area contributed by atoms with Gasteiger partial charge in [-0.25, -0.2) is 22.8 Å². The Balaban J connectivity index is 1.75. The van der Waals surface area contributed by atoms with E-state index in [1.807, 2.05) is 0 Å². The maximum Gasteiger partial charge on any atom is 0.289 e. The molecule has 0 radical (unpaired) electrons. The minimum Gasteiger partial charge on any atom is -0.438 e. The molecule has 1 saturated heterocycles. The van der Waals surface area contributed by atoms with Gasteiger partial charge in [0.25, 0.3) is 15.9 Å². The van der Waals surface area contributed by atoms with Crippen LogP contribution in [0.1, 0.15) is 29.4 Å². The normalized spacial score (nSPS) is 19.0. The van der Waals surface area contributed by atoms with E-state index in [2.05, 4.69) is 14.8 Å². The second-order valence-corrected chi connectivity index (χ2v) is 7.07. The number of furan rings is 1. The van der Waals surface area contributed by atoms with Crippen molar-refractivity contribution >= 4 is 15.9 Å². The third-order valence-corrected chi connectivity index (χ3v) is 5.11. The maximum absolute atomic E-state index is 12.5. The van der Waals surface area contributed by atoms with Crippen molar-refractivity contribution in [3.8, 4) is 0 Å².